The Morgan fingerprint density at radius 1 is 0.861 bits per heavy atom. The van der Waals surface area contributed by atoms with Gasteiger partial charge in [-0.25, -0.2) is 13.1 Å². The molecule has 0 aromatic heterocycles. The van der Waals surface area contributed by atoms with Crippen LogP contribution in [0.2, 0.25) is 0 Å². The highest BCUT2D eigenvalue weighted by Crippen LogP contribution is 2.41. The number of nitrogens with one attached hydrogen (secondary N) is 1. The van der Waals surface area contributed by atoms with Crippen LogP contribution in [0.1, 0.15) is 24.0 Å². The highest BCUT2D eigenvalue weighted by Gasteiger charge is 2.42. The quantitative estimate of drug-likeness (QED) is 0.512. The Hall–Kier alpha value is -3.08. The van der Waals surface area contributed by atoms with Gasteiger partial charge in [-0.05, 0) is 73.2 Å². The molecule has 6 nitrogen and oxygen atoms in total. The van der Waals surface area contributed by atoms with Gasteiger partial charge >= 0.3 is 6.36 Å². The van der Waals surface area contributed by atoms with Crippen LogP contribution in [0, 0.1) is 0 Å². The summed E-state index contributed by atoms with van der Waals surface area (Å²) in [6.07, 6.45) is -3.21. The Morgan fingerprint density at radius 2 is 1.42 bits per heavy atom. The number of hydrogen-bond acceptors (Lipinski definition) is 5. The smallest absolute Gasteiger partial charge is 0.406 e. The molecule has 190 valence electrons. The maximum Gasteiger partial charge on any atom is 0.573 e. The molecule has 1 heterocycles. The van der Waals surface area contributed by atoms with Crippen LogP contribution in [0.4, 0.5) is 24.5 Å². The highest BCUT2D eigenvalue weighted by molar-refractivity contribution is 7.89. The Kier molecular flexibility index (Phi) is 6.44. The van der Waals surface area contributed by atoms with E-state index < -0.39 is 34.3 Å². The number of aryl methyl sites for hydroxylation is 2. The zero-order valence-corrected chi connectivity index (χ0v) is 20.0. The van der Waals surface area contributed by atoms with Crippen LogP contribution >= 0.6 is 0 Å². The maximum atomic E-state index is 13.0. The Balaban J connectivity index is 1.39. The van der Waals surface area contributed by atoms with E-state index in [-0.39, 0.29) is 10.9 Å². The molecular formula is C26H25F3N2O4S. The molecule has 1 aliphatic heterocycles. The first kappa shape index (κ1) is 24.6. The summed E-state index contributed by atoms with van der Waals surface area (Å²) in [6, 6.07) is 18.9. The lowest BCUT2D eigenvalue weighted by Crippen LogP contribution is -2.47. The third-order valence-electron chi connectivity index (χ3n) is 6.75. The number of anilines is 2. The molecule has 0 spiro atoms. The molecule has 1 fully saturated rings. The molecule has 36 heavy (non-hydrogen) atoms. The normalized spacial score (nSPS) is 22.0. The monoisotopic (exact) mass is 518 g/mol. The van der Waals surface area contributed by atoms with Crippen LogP contribution < -0.4 is 14.4 Å². The Labute approximate surface area is 207 Å². The topological polar surface area (TPSA) is 78.9 Å². The largest absolute Gasteiger partial charge is 0.573 e. The zero-order chi connectivity index (χ0) is 25.5. The molecule has 1 aliphatic carbocycles. The molecule has 10 heteroatoms. The molecule has 0 saturated heterocycles. The Morgan fingerprint density at radius 3 is 1.97 bits per heavy atom. The fourth-order valence-electron chi connectivity index (χ4n) is 5.13. The summed E-state index contributed by atoms with van der Waals surface area (Å²) in [5.74, 6) is -0.513. The number of rotatable bonds is 5. The van der Waals surface area contributed by atoms with E-state index in [4.69, 9.17) is 0 Å². The van der Waals surface area contributed by atoms with E-state index in [0.717, 1.165) is 59.6 Å². The first-order valence-electron chi connectivity index (χ1n) is 11.6. The summed E-state index contributed by atoms with van der Waals surface area (Å²) < 4.78 is 69.5. The summed E-state index contributed by atoms with van der Waals surface area (Å²) in [4.78, 5) is 1.91. The highest BCUT2D eigenvalue weighted by atomic mass is 32.2. The van der Waals surface area contributed by atoms with Gasteiger partial charge < -0.3 is 14.7 Å². The lowest BCUT2D eigenvalue weighted by atomic mass is 10.0. The van der Waals surface area contributed by atoms with Gasteiger partial charge in [0.1, 0.15) is 5.75 Å². The van der Waals surface area contributed by atoms with E-state index in [1.807, 2.05) is 36.4 Å². The number of benzene rings is 3. The fourth-order valence-corrected chi connectivity index (χ4v) is 6.42. The minimum absolute atomic E-state index is 0.210. The van der Waals surface area contributed by atoms with Gasteiger partial charge in [0.2, 0.25) is 10.0 Å². The van der Waals surface area contributed by atoms with Crippen molar-refractivity contribution in [1.29, 1.82) is 0 Å². The van der Waals surface area contributed by atoms with Crippen LogP contribution in [-0.4, -0.2) is 38.1 Å². The SMILES string of the molecule is O=S(=O)(NC1CCC(N2c3ccccc3CCc3ccccc32)[C@@H]1O)c1ccc(OC(F)(F)F)cc1. The third kappa shape index (κ3) is 4.93. The molecule has 5 rings (SSSR count). The number of para-hydroxylation sites is 2. The van der Waals surface area contributed by atoms with E-state index in [2.05, 4.69) is 26.5 Å². The second-order valence-electron chi connectivity index (χ2n) is 9.01. The number of fused-ring (bicyclic) bond motifs is 2. The van der Waals surface area contributed by atoms with Crippen molar-refractivity contribution in [3.05, 3.63) is 83.9 Å². The second-order valence-corrected chi connectivity index (χ2v) is 10.7. The molecule has 3 aromatic carbocycles. The molecule has 2 aliphatic rings. The predicted molar refractivity (Wildman–Crippen MR) is 129 cm³/mol. The number of nitrogens with zero attached hydrogens (tertiary/aromatic N) is 1. The van der Waals surface area contributed by atoms with Crippen molar-refractivity contribution in [2.24, 2.45) is 0 Å². The number of aliphatic hydroxyl groups excluding tert-OH is 1. The average molecular weight is 519 g/mol. The molecule has 0 radical (unpaired) electrons. The van der Waals surface area contributed by atoms with Gasteiger partial charge in [-0.3, -0.25) is 0 Å². The van der Waals surface area contributed by atoms with Crippen molar-refractivity contribution in [1.82, 2.24) is 4.72 Å². The van der Waals surface area contributed by atoms with E-state index in [1.165, 1.54) is 0 Å². The van der Waals surface area contributed by atoms with E-state index >= 15 is 0 Å². The number of sulfonamides is 1. The van der Waals surface area contributed by atoms with Crippen molar-refractivity contribution in [2.75, 3.05) is 4.90 Å². The minimum atomic E-state index is -4.87. The predicted octanol–water partition coefficient (Wildman–Crippen LogP) is 4.69. The molecule has 3 aromatic rings. The Bertz CT molecular complexity index is 1300. The minimum Gasteiger partial charge on any atom is -0.406 e. The number of halogens is 3. The lowest BCUT2D eigenvalue weighted by molar-refractivity contribution is -0.274. The van der Waals surface area contributed by atoms with Gasteiger partial charge in [0.25, 0.3) is 0 Å². The van der Waals surface area contributed by atoms with Crippen molar-refractivity contribution in [3.63, 3.8) is 0 Å². The summed E-state index contributed by atoms with van der Waals surface area (Å²) in [5, 5.41) is 11.3. The van der Waals surface area contributed by atoms with Crippen molar-refractivity contribution in [3.8, 4) is 5.75 Å². The fraction of sp³-hybridized carbons (Fsp3) is 0.308. The van der Waals surface area contributed by atoms with Gasteiger partial charge in [0.05, 0.1) is 23.1 Å². The standard InChI is InChI=1S/C26H25F3N2O4S/c27-26(28,29)35-19-11-13-20(14-12-19)36(33,34)30-21-15-16-24(25(21)32)31-22-7-3-1-5-17(22)9-10-18-6-2-4-8-23(18)31/h1-8,11-14,21,24-25,30,32H,9-10,15-16H2/t21?,24?,25-/m1/s1. The number of ether oxygens (including phenoxy) is 1. The van der Waals surface area contributed by atoms with E-state index in [9.17, 15) is 26.7 Å². The molecule has 1 saturated carbocycles. The zero-order valence-electron chi connectivity index (χ0n) is 19.1. The number of hydrogen-bond donors (Lipinski definition) is 2. The van der Waals surface area contributed by atoms with Crippen LogP contribution in [0.15, 0.2) is 77.7 Å². The van der Waals surface area contributed by atoms with Crippen LogP contribution in [0.3, 0.4) is 0 Å². The first-order valence-corrected chi connectivity index (χ1v) is 13.1. The summed E-state index contributed by atoms with van der Waals surface area (Å²) in [6.45, 7) is 0. The lowest BCUT2D eigenvalue weighted by Gasteiger charge is -2.35. The van der Waals surface area contributed by atoms with Gasteiger partial charge in [-0.2, -0.15) is 0 Å². The molecule has 3 atom stereocenters. The van der Waals surface area contributed by atoms with Gasteiger partial charge in [0, 0.05) is 11.4 Å². The molecular weight excluding hydrogens is 493 g/mol. The molecule has 2 unspecified atom stereocenters. The molecule has 2 N–H and O–H groups in total. The summed E-state index contributed by atoms with van der Waals surface area (Å²) in [5.41, 5.74) is 4.31. The first-order chi connectivity index (χ1) is 17.1. The van der Waals surface area contributed by atoms with Crippen molar-refractivity contribution < 1.29 is 31.4 Å². The second kappa shape index (κ2) is 9.42. The van der Waals surface area contributed by atoms with Crippen molar-refractivity contribution in [2.45, 2.75) is 55.1 Å². The van der Waals surface area contributed by atoms with Crippen LogP contribution in [0.5, 0.6) is 5.75 Å². The third-order valence-corrected chi connectivity index (χ3v) is 8.26. The van der Waals surface area contributed by atoms with Gasteiger partial charge in [-0.1, -0.05) is 36.4 Å². The summed E-state index contributed by atoms with van der Waals surface area (Å²) >= 11 is 0. The maximum absolute atomic E-state index is 13.0. The summed E-state index contributed by atoms with van der Waals surface area (Å²) in [7, 11) is -4.08. The van der Waals surface area contributed by atoms with Crippen molar-refractivity contribution >= 4 is 21.4 Å². The molecule has 0 bridgehead atoms. The van der Waals surface area contributed by atoms with Gasteiger partial charge in [0.15, 0.2) is 0 Å². The number of alkyl halides is 3. The van der Waals surface area contributed by atoms with E-state index in [1.54, 1.807) is 0 Å². The van der Waals surface area contributed by atoms with Crippen LogP contribution in [-0.2, 0) is 22.9 Å². The average Bonchev–Trinajstić information content (AvgIpc) is 3.08. The molecule has 0 amide bonds. The van der Waals surface area contributed by atoms with Gasteiger partial charge in [-0.15, -0.1) is 13.2 Å². The van der Waals surface area contributed by atoms with Crippen LogP contribution in [0.25, 0.3) is 0 Å². The van der Waals surface area contributed by atoms with E-state index in [0.29, 0.717) is 12.8 Å². The number of aliphatic hydroxyl groups is 1.